The summed E-state index contributed by atoms with van der Waals surface area (Å²) in [5.41, 5.74) is 9.56. The third-order valence-corrected chi connectivity index (χ3v) is 6.66. The molecule has 1 saturated heterocycles. The minimum atomic E-state index is -0.680. The Morgan fingerprint density at radius 1 is 1.11 bits per heavy atom. The van der Waals surface area contributed by atoms with Crippen molar-refractivity contribution < 1.29 is 13.5 Å². The van der Waals surface area contributed by atoms with Crippen LogP contribution >= 0.6 is 0 Å². The topological polar surface area (TPSA) is 81.6 Å². The molecule has 1 aliphatic heterocycles. The lowest BCUT2D eigenvalue weighted by Gasteiger charge is -2.37. The van der Waals surface area contributed by atoms with Gasteiger partial charge in [0.2, 0.25) is 0 Å². The molecule has 7 nitrogen and oxygen atoms in total. The Bertz CT molecular complexity index is 1370. The van der Waals surface area contributed by atoms with Crippen molar-refractivity contribution in [2.75, 3.05) is 18.0 Å². The van der Waals surface area contributed by atoms with Crippen molar-refractivity contribution in [3.63, 3.8) is 0 Å². The van der Waals surface area contributed by atoms with Crippen molar-refractivity contribution in [1.82, 2.24) is 19.6 Å². The van der Waals surface area contributed by atoms with Crippen LogP contribution in [-0.2, 0) is 17.8 Å². The Morgan fingerprint density at radius 3 is 2.62 bits per heavy atom. The maximum absolute atomic E-state index is 15.0. The van der Waals surface area contributed by atoms with Crippen molar-refractivity contribution in [2.24, 2.45) is 11.7 Å². The Morgan fingerprint density at radius 2 is 1.89 bits per heavy atom. The Kier molecular flexibility index (Phi) is 7.17. The molecule has 0 spiro atoms. The highest BCUT2D eigenvalue weighted by Crippen LogP contribution is 2.29. The van der Waals surface area contributed by atoms with Crippen LogP contribution in [-0.4, -0.2) is 44.8 Å². The minimum absolute atomic E-state index is 0.0371. The smallest absolute Gasteiger partial charge is 0.135 e. The van der Waals surface area contributed by atoms with Crippen LogP contribution in [0.25, 0.3) is 16.8 Å². The summed E-state index contributed by atoms with van der Waals surface area (Å²) < 4.78 is 37.2. The molecule has 1 fully saturated rings. The van der Waals surface area contributed by atoms with E-state index >= 15 is 8.78 Å². The lowest BCUT2D eigenvalue weighted by molar-refractivity contribution is 0.0654. The van der Waals surface area contributed by atoms with Crippen LogP contribution in [0.1, 0.15) is 44.1 Å². The number of rotatable bonds is 7. The second kappa shape index (κ2) is 10.5. The maximum atomic E-state index is 15.0. The van der Waals surface area contributed by atoms with Gasteiger partial charge in [0.1, 0.15) is 17.5 Å². The third-order valence-electron chi connectivity index (χ3n) is 6.66. The first-order valence-electron chi connectivity index (χ1n) is 12.7. The van der Waals surface area contributed by atoms with Gasteiger partial charge in [-0.1, -0.05) is 6.92 Å². The van der Waals surface area contributed by atoms with Gasteiger partial charge in [0.05, 0.1) is 35.7 Å². The molecular formula is C28H32F2N6O. The van der Waals surface area contributed by atoms with E-state index < -0.39 is 11.6 Å². The summed E-state index contributed by atoms with van der Waals surface area (Å²) in [6.45, 7) is 7.80. The van der Waals surface area contributed by atoms with Crippen LogP contribution in [0.2, 0.25) is 0 Å². The van der Waals surface area contributed by atoms with E-state index in [0.29, 0.717) is 23.7 Å². The van der Waals surface area contributed by atoms with Gasteiger partial charge in [0, 0.05) is 49.2 Å². The van der Waals surface area contributed by atoms with E-state index in [-0.39, 0.29) is 30.0 Å². The molecule has 1 aliphatic rings. The highest BCUT2D eigenvalue weighted by molar-refractivity contribution is 5.63. The van der Waals surface area contributed by atoms with E-state index in [1.165, 1.54) is 12.1 Å². The monoisotopic (exact) mass is 506 g/mol. The van der Waals surface area contributed by atoms with E-state index in [1.54, 1.807) is 29.0 Å². The number of benzene rings is 1. The van der Waals surface area contributed by atoms with Crippen LogP contribution in [0.5, 0.6) is 0 Å². The van der Waals surface area contributed by atoms with Crippen molar-refractivity contribution in [3.05, 3.63) is 77.5 Å². The van der Waals surface area contributed by atoms with Gasteiger partial charge in [-0.3, -0.25) is 4.98 Å². The fourth-order valence-electron chi connectivity index (χ4n) is 5.04. The molecule has 5 rings (SSSR count). The largest absolute Gasteiger partial charge is 0.374 e. The maximum Gasteiger partial charge on any atom is 0.135 e. The Balaban J connectivity index is 1.46. The highest BCUT2D eigenvalue weighted by atomic mass is 19.1. The van der Waals surface area contributed by atoms with Crippen LogP contribution in [0.4, 0.5) is 14.5 Å². The van der Waals surface area contributed by atoms with E-state index in [4.69, 9.17) is 10.5 Å². The summed E-state index contributed by atoms with van der Waals surface area (Å²) in [7, 11) is 0. The Labute approximate surface area is 215 Å². The average molecular weight is 507 g/mol. The van der Waals surface area contributed by atoms with Gasteiger partial charge in [-0.15, -0.1) is 0 Å². The molecule has 1 aromatic carbocycles. The molecule has 2 N–H and O–H groups in total. The van der Waals surface area contributed by atoms with Gasteiger partial charge in [-0.25, -0.2) is 18.3 Å². The Hall–Kier alpha value is -3.43. The zero-order valence-electron chi connectivity index (χ0n) is 21.4. The highest BCUT2D eigenvalue weighted by Gasteiger charge is 2.24. The predicted molar refractivity (Wildman–Crippen MR) is 139 cm³/mol. The average Bonchev–Trinajstić information content (AvgIpc) is 3.24. The quantitative estimate of drug-likeness (QED) is 0.389. The summed E-state index contributed by atoms with van der Waals surface area (Å²) in [6, 6.07) is 8.10. The van der Waals surface area contributed by atoms with Crippen LogP contribution in [0.3, 0.4) is 0 Å². The molecule has 0 amide bonds. The number of fused-ring (bicyclic) bond motifs is 1. The summed E-state index contributed by atoms with van der Waals surface area (Å²) in [4.78, 5) is 11.2. The lowest BCUT2D eigenvalue weighted by Crippen LogP contribution is -2.46. The molecule has 3 aromatic heterocycles. The van der Waals surface area contributed by atoms with Crippen molar-refractivity contribution in [2.45, 2.75) is 52.4 Å². The van der Waals surface area contributed by atoms with Gasteiger partial charge in [0.25, 0.3) is 0 Å². The zero-order valence-corrected chi connectivity index (χ0v) is 21.4. The fourth-order valence-corrected chi connectivity index (χ4v) is 5.04. The minimum Gasteiger partial charge on any atom is -0.374 e. The van der Waals surface area contributed by atoms with Crippen LogP contribution in [0.15, 0.2) is 48.9 Å². The molecular weight excluding hydrogens is 474 g/mol. The molecule has 2 atom stereocenters. The van der Waals surface area contributed by atoms with Gasteiger partial charge >= 0.3 is 0 Å². The van der Waals surface area contributed by atoms with Crippen molar-refractivity contribution >= 4 is 11.2 Å². The number of imidazole rings is 1. The number of ether oxygens (including phenoxy) is 1. The number of nitrogens with two attached hydrogens (primary N) is 1. The fraction of sp³-hybridized carbons (Fsp3) is 0.393. The van der Waals surface area contributed by atoms with E-state index in [2.05, 4.69) is 26.9 Å². The number of pyridine rings is 1. The van der Waals surface area contributed by atoms with Crippen molar-refractivity contribution in [3.8, 4) is 11.3 Å². The van der Waals surface area contributed by atoms with E-state index in [9.17, 15) is 0 Å². The summed E-state index contributed by atoms with van der Waals surface area (Å²) in [6.07, 6.45) is 6.76. The molecule has 0 bridgehead atoms. The summed E-state index contributed by atoms with van der Waals surface area (Å²) >= 11 is 0. The summed E-state index contributed by atoms with van der Waals surface area (Å²) in [5, 5.41) is 4.58. The van der Waals surface area contributed by atoms with Crippen molar-refractivity contribution in [1.29, 1.82) is 0 Å². The molecule has 4 aromatic rings. The summed E-state index contributed by atoms with van der Waals surface area (Å²) in [5.74, 6) is -0.209. The van der Waals surface area contributed by atoms with Gasteiger partial charge in [0.15, 0.2) is 0 Å². The molecule has 0 unspecified atom stereocenters. The zero-order chi connectivity index (χ0) is 26.1. The lowest BCUT2D eigenvalue weighted by atomic mass is 9.95. The number of aromatic nitrogens is 4. The van der Waals surface area contributed by atoms with Gasteiger partial charge in [-0.05, 0) is 62.1 Å². The SMILES string of the molecule is CC(C)OCc1cc(F)c(-c2ccc3cnc(Cc4cnccc4N4C[C@H](C)C[C@H](N)C4)n3n2)c(F)c1. The number of halogens is 2. The second-order valence-corrected chi connectivity index (χ2v) is 10.2. The molecule has 0 saturated carbocycles. The molecule has 194 valence electrons. The van der Waals surface area contributed by atoms with Gasteiger partial charge < -0.3 is 15.4 Å². The number of hydrogen-bond acceptors (Lipinski definition) is 6. The molecule has 0 aliphatic carbocycles. The molecule has 9 heteroatoms. The molecule has 0 radical (unpaired) electrons. The molecule has 37 heavy (non-hydrogen) atoms. The van der Waals surface area contributed by atoms with Crippen LogP contribution < -0.4 is 10.6 Å². The second-order valence-electron chi connectivity index (χ2n) is 10.2. The third kappa shape index (κ3) is 5.47. The standard InChI is InChI=1S/C28H32F2N6O/c1-17(2)37-16-19-9-23(29)28(24(30)10-19)25-5-4-22-13-33-27(36(22)34-25)11-20-12-32-7-6-26(20)35-14-18(3)8-21(31)15-35/h4-7,9-10,12-13,17-18,21H,8,11,14-16,31H2,1-3H3/t18-,21+/m1/s1. The van der Waals surface area contributed by atoms with Crippen LogP contribution in [0, 0.1) is 17.6 Å². The predicted octanol–water partition coefficient (Wildman–Crippen LogP) is 4.76. The van der Waals surface area contributed by atoms with E-state index in [0.717, 1.165) is 36.3 Å². The normalized spacial score (nSPS) is 18.2. The first-order valence-corrected chi connectivity index (χ1v) is 12.7. The number of anilines is 1. The number of hydrogen-bond donors (Lipinski definition) is 1. The number of piperidine rings is 1. The number of nitrogens with zero attached hydrogens (tertiary/aromatic N) is 5. The first kappa shape index (κ1) is 25.2. The van der Waals surface area contributed by atoms with E-state index in [1.807, 2.05) is 26.1 Å². The molecule has 4 heterocycles. The van der Waals surface area contributed by atoms with Gasteiger partial charge in [-0.2, -0.15) is 5.10 Å². The first-order chi connectivity index (χ1) is 17.8.